The Hall–Kier alpha value is -4.98. The highest BCUT2D eigenvalue weighted by Gasteiger charge is 2.18. The van der Waals surface area contributed by atoms with Crippen molar-refractivity contribution in [3.63, 3.8) is 0 Å². The van der Waals surface area contributed by atoms with Crippen LogP contribution in [0.5, 0.6) is 0 Å². The number of amides is 1. The van der Waals surface area contributed by atoms with Crippen LogP contribution in [0.4, 0.5) is 17.2 Å². The molecule has 41 heavy (non-hydrogen) atoms. The Morgan fingerprint density at radius 3 is 2.32 bits per heavy atom. The molecule has 5 aromatic rings. The van der Waals surface area contributed by atoms with E-state index in [9.17, 15) is 9.59 Å². The van der Waals surface area contributed by atoms with E-state index in [4.69, 9.17) is 4.98 Å². The maximum atomic E-state index is 13.2. The maximum Gasteiger partial charge on any atom is 0.293 e. The van der Waals surface area contributed by atoms with Crippen LogP contribution < -0.4 is 15.8 Å². The van der Waals surface area contributed by atoms with Gasteiger partial charge < -0.3 is 19.4 Å². The van der Waals surface area contributed by atoms with E-state index in [1.165, 1.54) is 10.1 Å². The summed E-state index contributed by atoms with van der Waals surface area (Å²) in [4.78, 5) is 36.9. The highest BCUT2D eigenvalue weighted by atomic mass is 16.1. The quantitative estimate of drug-likeness (QED) is 0.272. The molecule has 0 saturated carbocycles. The number of imidazole rings is 1. The molecule has 0 fully saturated rings. The second kappa shape index (κ2) is 10.9. The number of carbonyl (C=O) groups is 1. The minimum Gasteiger partial charge on any atom is -0.325 e. The Morgan fingerprint density at radius 2 is 1.68 bits per heavy atom. The average molecular weight is 547 g/mol. The predicted octanol–water partition coefficient (Wildman–Crippen LogP) is 6.26. The molecule has 0 unspecified atom stereocenters. The smallest absolute Gasteiger partial charge is 0.293 e. The van der Waals surface area contributed by atoms with Gasteiger partial charge in [-0.2, -0.15) is 0 Å². The van der Waals surface area contributed by atoms with Crippen molar-refractivity contribution in [2.75, 3.05) is 17.3 Å². The molecule has 0 radical (unpaired) electrons. The van der Waals surface area contributed by atoms with Crippen molar-refractivity contribution in [1.82, 2.24) is 19.1 Å². The molecule has 0 aliphatic rings. The van der Waals surface area contributed by atoms with Gasteiger partial charge in [0.15, 0.2) is 5.82 Å². The first kappa shape index (κ1) is 27.6. The zero-order chi connectivity index (χ0) is 29.3. The third kappa shape index (κ3) is 5.68. The molecule has 0 spiro atoms. The second-order valence-corrected chi connectivity index (χ2v) is 11.2. The van der Waals surface area contributed by atoms with Gasteiger partial charge in [0.25, 0.3) is 11.5 Å². The van der Waals surface area contributed by atoms with Gasteiger partial charge in [-0.1, -0.05) is 45.0 Å². The van der Waals surface area contributed by atoms with Gasteiger partial charge in [-0.05, 0) is 65.9 Å². The van der Waals surface area contributed by atoms with Gasteiger partial charge in [-0.15, -0.1) is 0 Å². The fourth-order valence-electron chi connectivity index (χ4n) is 4.69. The summed E-state index contributed by atoms with van der Waals surface area (Å²) in [7, 11) is 3.55. The number of hydrogen-bond donors (Lipinski definition) is 1. The Morgan fingerprint density at radius 1 is 0.976 bits per heavy atom. The fourth-order valence-corrected chi connectivity index (χ4v) is 4.69. The molecule has 1 amide bonds. The summed E-state index contributed by atoms with van der Waals surface area (Å²) in [5.74, 6) is 0.117. The summed E-state index contributed by atoms with van der Waals surface area (Å²) < 4.78 is 3.45. The van der Waals surface area contributed by atoms with Crippen LogP contribution in [-0.4, -0.2) is 32.1 Å². The summed E-state index contributed by atoms with van der Waals surface area (Å²) in [6.07, 6.45) is 7.06. The molecule has 2 aromatic heterocycles. The summed E-state index contributed by atoms with van der Waals surface area (Å²) in [6, 6.07) is 21.2. The first-order valence-electron chi connectivity index (χ1n) is 13.4. The van der Waals surface area contributed by atoms with E-state index in [1.54, 1.807) is 30.7 Å². The van der Waals surface area contributed by atoms with Crippen molar-refractivity contribution < 1.29 is 4.79 Å². The Kier molecular flexibility index (Phi) is 7.32. The molecule has 8 nitrogen and oxygen atoms in total. The van der Waals surface area contributed by atoms with Gasteiger partial charge in [0, 0.05) is 60.9 Å². The van der Waals surface area contributed by atoms with Crippen LogP contribution in [0, 0.1) is 6.92 Å². The van der Waals surface area contributed by atoms with E-state index >= 15 is 0 Å². The number of aryl methyl sites for hydroxylation is 1. The number of anilines is 3. The minimum absolute atomic E-state index is 0.0135. The minimum atomic E-state index is -0.212. The monoisotopic (exact) mass is 546 g/mol. The van der Waals surface area contributed by atoms with Crippen molar-refractivity contribution in [3.8, 4) is 16.9 Å². The second-order valence-electron chi connectivity index (χ2n) is 11.2. The molecule has 0 saturated heterocycles. The van der Waals surface area contributed by atoms with Crippen LogP contribution >= 0.6 is 0 Å². The molecular formula is C33H34N6O2. The summed E-state index contributed by atoms with van der Waals surface area (Å²) in [6.45, 7) is 8.38. The first-order valence-corrected chi connectivity index (χ1v) is 13.4. The van der Waals surface area contributed by atoms with Crippen molar-refractivity contribution in [3.05, 3.63) is 119 Å². The Balaban J connectivity index is 1.43. The number of nitrogens with one attached hydrogen (secondary N) is 1. The lowest BCUT2D eigenvalue weighted by Crippen LogP contribution is -2.27. The fraction of sp³-hybridized carbons (Fsp3) is 0.212. The third-order valence-corrected chi connectivity index (χ3v) is 7.28. The van der Waals surface area contributed by atoms with Gasteiger partial charge in [-0.25, -0.2) is 9.97 Å². The molecule has 2 heterocycles. The van der Waals surface area contributed by atoms with Crippen LogP contribution in [-0.2, 0) is 12.5 Å². The van der Waals surface area contributed by atoms with Gasteiger partial charge in [0.05, 0.1) is 12.0 Å². The molecule has 5 rings (SSSR count). The molecule has 0 aliphatic heterocycles. The Bertz CT molecular complexity index is 1750. The number of benzene rings is 3. The molecule has 0 atom stereocenters. The number of carbonyl (C=O) groups excluding carboxylic acids is 1. The van der Waals surface area contributed by atoms with Gasteiger partial charge in [0.1, 0.15) is 0 Å². The zero-order valence-electron chi connectivity index (χ0n) is 24.2. The molecule has 208 valence electrons. The van der Waals surface area contributed by atoms with E-state index < -0.39 is 0 Å². The summed E-state index contributed by atoms with van der Waals surface area (Å²) in [5, 5.41) is 3.05. The van der Waals surface area contributed by atoms with Crippen LogP contribution in [0.3, 0.4) is 0 Å². The lowest BCUT2D eigenvalue weighted by molar-refractivity contribution is 0.102. The van der Waals surface area contributed by atoms with Crippen molar-refractivity contribution in [2.24, 2.45) is 7.05 Å². The van der Waals surface area contributed by atoms with E-state index in [0.29, 0.717) is 22.8 Å². The van der Waals surface area contributed by atoms with E-state index in [2.05, 4.69) is 31.1 Å². The number of hydrogen-bond acceptors (Lipinski definition) is 5. The number of nitrogens with zero attached hydrogens (tertiary/aromatic N) is 5. The van der Waals surface area contributed by atoms with Crippen molar-refractivity contribution >= 4 is 23.1 Å². The number of aromatic nitrogens is 4. The van der Waals surface area contributed by atoms with Crippen LogP contribution in [0.15, 0.2) is 96.4 Å². The molecule has 3 aromatic carbocycles. The van der Waals surface area contributed by atoms with Crippen LogP contribution in [0.2, 0.25) is 0 Å². The molecule has 1 N–H and O–H groups in total. The molecular weight excluding hydrogens is 512 g/mol. The van der Waals surface area contributed by atoms with E-state index in [0.717, 1.165) is 22.5 Å². The van der Waals surface area contributed by atoms with E-state index in [1.807, 2.05) is 91.5 Å². The summed E-state index contributed by atoms with van der Waals surface area (Å²) >= 11 is 0. The van der Waals surface area contributed by atoms with Gasteiger partial charge in [0.2, 0.25) is 0 Å². The zero-order valence-corrected chi connectivity index (χ0v) is 24.2. The predicted molar refractivity (Wildman–Crippen MR) is 164 cm³/mol. The highest BCUT2D eigenvalue weighted by Crippen LogP contribution is 2.30. The van der Waals surface area contributed by atoms with Crippen molar-refractivity contribution in [1.29, 1.82) is 0 Å². The molecule has 0 aliphatic carbocycles. The first-order chi connectivity index (χ1) is 19.5. The SMILES string of the molecule is Cc1c(NC(=O)c2ccc(C(C)(C)C)cc2)cccc1-c1cn(C)c(=O)c(N(C)c2ccc(-n3ccnc3)cc2)n1. The third-order valence-electron chi connectivity index (χ3n) is 7.28. The normalized spacial score (nSPS) is 11.4. The van der Waals surface area contributed by atoms with Crippen LogP contribution in [0.1, 0.15) is 42.3 Å². The average Bonchev–Trinajstić information content (AvgIpc) is 3.50. The van der Waals surface area contributed by atoms with Gasteiger partial charge >= 0.3 is 0 Å². The number of rotatable bonds is 6. The van der Waals surface area contributed by atoms with Crippen LogP contribution in [0.25, 0.3) is 16.9 Å². The van der Waals surface area contributed by atoms with E-state index in [-0.39, 0.29) is 16.9 Å². The topological polar surface area (TPSA) is 85.0 Å². The van der Waals surface area contributed by atoms with Crippen molar-refractivity contribution in [2.45, 2.75) is 33.1 Å². The maximum absolute atomic E-state index is 13.2. The lowest BCUT2D eigenvalue weighted by Gasteiger charge is -2.20. The molecule has 8 heteroatoms. The Labute approximate surface area is 240 Å². The largest absolute Gasteiger partial charge is 0.325 e. The van der Waals surface area contributed by atoms with Gasteiger partial charge in [-0.3, -0.25) is 9.59 Å². The summed E-state index contributed by atoms with van der Waals surface area (Å²) in [5.41, 5.74) is 6.35. The standard InChI is InChI=1S/C33H34N6O2/c1-22-27(8-7-9-28(22)36-31(40)23-10-12-24(13-11-23)33(2,3)4)29-20-37(5)32(41)30(35-29)38(6)25-14-16-26(17-15-25)39-19-18-34-21-39/h7-21H,1-6H3,(H,36,40). The lowest BCUT2D eigenvalue weighted by atomic mass is 9.86. The highest BCUT2D eigenvalue weighted by molar-refractivity contribution is 6.05. The molecule has 0 bridgehead atoms.